The maximum Gasteiger partial charge on any atom is 0.321 e. The summed E-state index contributed by atoms with van der Waals surface area (Å²) < 4.78 is 19.8. The van der Waals surface area contributed by atoms with E-state index in [2.05, 4.69) is 21.5 Å². The lowest BCUT2D eigenvalue weighted by molar-refractivity contribution is -0.138. The molecule has 2 unspecified atom stereocenters. The summed E-state index contributed by atoms with van der Waals surface area (Å²) in [6, 6.07) is 16.8. The summed E-state index contributed by atoms with van der Waals surface area (Å²) in [5.41, 5.74) is 2.76. The molecule has 0 amide bonds. The minimum absolute atomic E-state index is 0.172. The molecule has 0 radical (unpaired) electrons. The quantitative estimate of drug-likeness (QED) is 0.131. The lowest BCUT2D eigenvalue weighted by Crippen LogP contribution is -2.39. The number of aromatic nitrogens is 1. The van der Waals surface area contributed by atoms with Gasteiger partial charge in [-0.15, -0.1) is 0 Å². The van der Waals surface area contributed by atoms with Gasteiger partial charge < -0.3 is 24.7 Å². The molecular weight excluding hydrogens is 509 g/mol. The minimum atomic E-state index is -2.97. The molecule has 212 valence electrons. The molecule has 7 nitrogen and oxygen atoms in total. The molecule has 1 aliphatic rings. The molecule has 1 saturated heterocycles. The molecule has 1 aliphatic heterocycles. The Bertz CT molecular complexity index is 1200. The number of carboxylic acids is 1. The Morgan fingerprint density at radius 1 is 1.10 bits per heavy atom. The second-order valence-electron chi connectivity index (χ2n) is 11.2. The van der Waals surface area contributed by atoms with Crippen LogP contribution in [0.15, 0.2) is 54.6 Å². The zero-order valence-corrected chi connectivity index (χ0v) is 24.2. The highest BCUT2D eigenvalue weighted by molar-refractivity contribution is 7.62. The third-order valence-corrected chi connectivity index (χ3v) is 11.2. The molecule has 0 spiro atoms. The number of H-pyrrole nitrogens is 1. The van der Waals surface area contributed by atoms with Gasteiger partial charge in [0.1, 0.15) is 11.8 Å². The van der Waals surface area contributed by atoms with Crippen LogP contribution in [0.1, 0.15) is 57.2 Å². The van der Waals surface area contributed by atoms with Crippen molar-refractivity contribution in [2.45, 2.75) is 70.5 Å². The number of carboxylic acid groups (broad SMARTS) is 1. The lowest BCUT2D eigenvalue weighted by atomic mass is 9.93. The van der Waals surface area contributed by atoms with Gasteiger partial charge in [0.25, 0.3) is 0 Å². The number of aryl methyl sites for hydroxylation is 1. The highest BCUT2D eigenvalue weighted by atomic mass is 31.2. The number of benzene rings is 2. The van der Waals surface area contributed by atoms with Gasteiger partial charge in [-0.2, -0.15) is 0 Å². The average molecular weight is 554 g/mol. The summed E-state index contributed by atoms with van der Waals surface area (Å²) in [5.74, 6) is 0.656. The van der Waals surface area contributed by atoms with Gasteiger partial charge in [-0.1, -0.05) is 50.6 Å². The van der Waals surface area contributed by atoms with E-state index < -0.39 is 19.3 Å². The first-order valence-electron chi connectivity index (χ1n) is 14.4. The molecule has 39 heavy (non-hydrogen) atoms. The summed E-state index contributed by atoms with van der Waals surface area (Å²) in [7, 11) is -2.97. The van der Waals surface area contributed by atoms with E-state index in [0.29, 0.717) is 19.2 Å². The van der Waals surface area contributed by atoms with Crippen LogP contribution in [0.25, 0.3) is 10.9 Å². The number of para-hydroxylation sites is 1. The molecule has 2 heterocycles. The predicted molar refractivity (Wildman–Crippen MR) is 159 cm³/mol. The number of ether oxygens (including phenoxy) is 1. The van der Waals surface area contributed by atoms with Crippen LogP contribution in [0.5, 0.6) is 5.75 Å². The van der Waals surface area contributed by atoms with Gasteiger partial charge in [0.2, 0.25) is 0 Å². The van der Waals surface area contributed by atoms with Crippen LogP contribution in [0.4, 0.5) is 0 Å². The van der Waals surface area contributed by atoms with E-state index in [4.69, 9.17) is 4.74 Å². The second-order valence-corrected chi connectivity index (χ2v) is 14.5. The topological polar surface area (TPSA) is 103 Å². The molecule has 8 heteroatoms. The molecule has 0 aliphatic carbocycles. The van der Waals surface area contributed by atoms with E-state index in [1.165, 1.54) is 25.7 Å². The fraction of sp³-hybridized carbons (Fsp3) is 0.516. The van der Waals surface area contributed by atoms with Crippen molar-refractivity contribution in [3.63, 3.8) is 0 Å². The van der Waals surface area contributed by atoms with Gasteiger partial charge in [0.05, 0.1) is 6.61 Å². The number of rotatable bonds is 15. The van der Waals surface area contributed by atoms with Crippen LogP contribution in [0.3, 0.4) is 0 Å². The molecule has 4 N–H and O–H groups in total. The number of piperidine rings is 1. The van der Waals surface area contributed by atoms with Crippen molar-refractivity contribution in [3.8, 4) is 5.75 Å². The number of hydrogen-bond donors (Lipinski definition) is 4. The number of hydrogen-bond acceptors (Lipinski definition) is 4. The predicted octanol–water partition coefficient (Wildman–Crippen LogP) is 6.23. The summed E-state index contributed by atoms with van der Waals surface area (Å²) in [4.78, 5) is 15.5. The van der Waals surface area contributed by atoms with E-state index in [-0.39, 0.29) is 12.1 Å². The van der Waals surface area contributed by atoms with Crippen molar-refractivity contribution in [2.24, 2.45) is 5.92 Å². The first-order chi connectivity index (χ1) is 18.8. The molecule has 4 rings (SSSR count). The third-order valence-electron chi connectivity index (χ3n) is 7.90. The largest absolute Gasteiger partial charge is 0.494 e. The number of unbranched alkanes of at least 4 members (excludes halogenated alkanes) is 1. The van der Waals surface area contributed by atoms with Crippen molar-refractivity contribution in [1.29, 1.82) is 0 Å². The number of carbonyl (C=O) groups is 1. The maximum atomic E-state index is 13.9. The first kappa shape index (κ1) is 29.4. The van der Waals surface area contributed by atoms with Crippen LogP contribution in [-0.2, 0) is 22.2 Å². The average Bonchev–Trinajstić information content (AvgIpc) is 3.36. The van der Waals surface area contributed by atoms with Gasteiger partial charge in [-0.3, -0.25) is 9.88 Å². The molecular formula is C31H44N3O4P. The van der Waals surface area contributed by atoms with E-state index in [1.54, 1.807) is 0 Å². The SMILES string of the molecule is CC(C)P(=O)(CCc1cc2ccccc2[nH]1)NC(Cc1ccc(OCCCCC2CCNCC2)cc1)C(=O)O. The molecule has 1 aromatic heterocycles. The van der Waals surface area contributed by atoms with E-state index in [0.717, 1.165) is 53.3 Å². The second kappa shape index (κ2) is 14.2. The standard InChI is InChI=1S/C31H44N3O4P/c1-23(2)39(37,20-16-27-22-26-8-3-4-9-29(26)33-27)34-30(31(35)36)21-25-10-12-28(13-11-25)38-19-6-5-7-24-14-17-32-18-15-24/h3-4,8-13,22-24,30,32-33H,5-7,14-21H2,1-2H3,(H,34,37)(H,35,36). The van der Waals surface area contributed by atoms with E-state index in [1.807, 2.05) is 62.4 Å². The number of aromatic amines is 1. The fourth-order valence-electron chi connectivity index (χ4n) is 5.33. The summed E-state index contributed by atoms with van der Waals surface area (Å²) in [6.45, 7) is 6.78. The zero-order valence-electron chi connectivity index (χ0n) is 23.3. The lowest BCUT2D eigenvalue weighted by Gasteiger charge is -2.27. The third kappa shape index (κ3) is 8.69. The summed E-state index contributed by atoms with van der Waals surface area (Å²) in [5, 5.41) is 17.6. The molecule has 3 aromatic rings. The smallest absolute Gasteiger partial charge is 0.321 e. The maximum absolute atomic E-state index is 13.9. The highest BCUT2D eigenvalue weighted by Gasteiger charge is 2.32. The number of fused-ring (bicyclic) bond motifs is 1. The van der Waals surface area contributed by atoms with Gasteiger partial charge in [0, 0.05) is 23.0 Å². The van der Waals surface area contributed by atoms with Gasteiger partial charge in [-0.05, 0) is 92.7 Å². The van der Waals surface area contributed by atoms with Gasteiger partial charge in [0.15, 0.2) is 7.29 Å². The number of aliphatic carboxylic acids is 1. The van der Waals surface area contributed by atoms with Crippen LogP contribution >= 0.6 is 7.29 Å². The van der Waals surface area contributed by atoms with Crippen molar-refractivity contribution in [3.05, 3.63) is 65.9 Å². The van der Waals surface area contributed by atoms with Gasteiger partial charge >= 0.3 is 5.97 Å². The van der Waals surface area contributed by atoms with Crippen molar-refractivity contribution in [1.82, 2.24) is 15.4 Å². The van der Waals surface area contributed by atoms with Crippen molar-refractivity contribution < 1.29 is 19.2 Å². The van der Waals surface area contributed by atoms with E-state index in [9.17, 15) is 14.5 Å². The summed E-state index contributed by atoms with van der Waals surface area (Å²) in [6.07, 6.45) is 7.31. The van der Waals surface area contributed by atoms with Crippen LogP contribution in [0.2, 0.25) is 0 Å². The van der Waals surface area contributed by atoms with Gasteiger partial charge in [-0.25, -0.2) is 0 Å². The first-order valence-corrected chi connectivity index (χ1v) is 16.4. The normalized spacial score (nSPS) is 16.8. The Hall–Kier alpha value is -2.60. The Kier molecular flexibility index (Phi) is 10.7. The van der Waals surface area contributed by atoms with Crippen molar-refractivity contribution >= 4 is 24.2 Å². The van der Waals surface area contributed by atoms with Crippen LogP contribution in [0, 0.1) is 5.92 Å². The summed E-state index contributed by atoms with van der Waals surface area (Å²) >= 11 is 0. The Morgan fingerprint density at radius 2 is 1.85 bits per heavy atom. The number of nitrogens with one attached hydrogen (secondary N) is 3. The monoisotopic (exact) mass is 553 g/mol. The highest BCUT2D eigenvalue weighted by Crippen LogP contribution is 2.47. The Morgan fingerprint density at radius 3 is 2.54 bits per heavy atom. The molecule has 0 saturated carbocycles. The Labute approximate surface area is 232 Å². The zero-order chi connectivity index (χ0) is 27.7. The molecule has 1 fully saturated rings. The molecule has 0 bridgehead atoms. The fourth-order valence-corrected chi connectivity index (χ4v) is 7.58. The van der Waals surface area contributed by atoms with E-state index >= 15 is 0 Å². The minimum Gasteiger partial charge on any atom is -0.494 e. The van der Waals surface area contributed by atoms with Crippen LogP contribution in [-0.4, -0.2) is 53.6 Å². The van der Waals surface area contributed by atoms with Crippen LogP contribution < -0.4 is 15.1 Å². The molecule has 2 atom stereocenters. The Balaban J connectivity index is 1.27. The van der Waals surface area contributed by atoms with Crippen molar-refractivity contribution in [2.75, 3.05) is 25.9 Å². The molecule has 2 aromatic carbocycles.